The third kappa shape index (κ3) is 4.40. The molecule has 0 spiro atoms. The normalized spacial score (nSPS) is 11.1. The summed E-state index contributed by atoms with van der Waals surface area (Å²) in [6, 6.07) is 11.9. The Kier molecular flexibility index (Phi) is 5.39. The largest absolute Gasteiger partial charge is 0.461 e. The van der Waals surface area contributed by atoms with Gasteiger partial charge in [0.1, 0.15) is 22.8 Å². The van der Waals surface area contributed by atoms with E-state index in [2.05, 4.69) is 9.97 Å². The Morgan fingerprint density at radius 3 is 2.96 bits per heavy atom. The number of hydrogen-bond acceptors (Lipinski definition) is 6. The minimum atomic E-state index is -0.255. The molecular formula is C17H14N2O2S2. The van der Waals surface area contributed by atoms with Crippen LogP contribution < -0.4 is 0 Å². The zero-order valence-corrected chi connectivity index (χ0v) is 13.8. The van der Waals surface area contributed by atoms with E-state index in [0.29, 0.717) is 0 Å². The van der Waals surface area contributed by atoms with Crippen molar-refractivity contribution in [3.05, 3.63) is 59.7 Å². The van der Waals surface area contributed by atoms with Crippen molar-refractivity contribution in [2.45, 2.75) is 5.03 Å². The number of carbonyl (C=O) groups excluding carboxylic acids is 1. The number of ether oxygens (including phenoxy) is 1. The molecule has 4 nitrogen and oxygen atoms in total. The number of nitrogens with zero attached hydrogens (tertiary/aromatic N) is 2. The van der Waals surface area contributed by atoms with E-state index in [0.717, 1.165) is 20.8 Å². The number of thioether (sulfide) groups is 1. The zero-order valence-electron chi connectivity index (χ0n) is 12.2. The lowest BCUT2D eigenvalue weighted by Crippen LogP contribution is -2.07. The summed E-state index contributed by atoms with van der Waals surface area (Å²) in [5.74, 6) is -0.0177. The smallest absolute Gasteiger partial charge is 0.316 e. The molecule has 0 aliphatic heterocycles. The molecule has 2 aromatic heterocycles. The minimum Gasteiger partial charge on any atom is -0.461 e. The Hall–Kier alpha value is -2.18. The second-order valence-corrected chi connectivity index (χ2v) is 6.46. The van der Waals surface area contributed by atoms with Crippen molar-refractivity contribution in [2.75, 3.05) is 12.4 Å². The molecule has 0 bridgehead atoms. The van der Waals surface area contributed by atoms with Crippen molar-refractivity contribution in [2.24, 2.45) is 0 Å². The van der Waals surface area contributed by atoms with Gasteiger partial charge in [-0.25, -0.2) is 9.97 Å². The first-order valence-corrected chi connectivity index (χ1v) is 8.87. The lowest BCUT2D eigenvalue weighted by atomic mass is 10.2. The highest BCUT2D eigenvalue weighted by molar-refractivity contribution is 8.00. The third-order valence-electron chi connectivity index (χ3n) is 3.00. The van der Waals surface area contributed by atoms with Gasteiger partial charge in [0.15, 0.2) is 0 Å². The van der Waals surface area contributed by atoms with Gasteiger partial charge >= 0.3 is 5.97 Å². The van der Waals surface area contributed by atoms with Crippen molar-refractivity contribution >= 4 is 45.4 Å². The van der Waals surface area contributed by atoms with E-state index >= 15 is 0 Å². The highest BCUT2D eigenvalue weighted by Crippen LogP contribution is 2.27. The van der Waals surface area contributed by atoms with Crippen molar-refractivity contribution in [1.29, 1.82) is 0 Å². The molecule has 0 aliphatic carbocycles. The minimum absolute atomic E-state index is 0.237. The van der Waals surface area contributed by atoms with Gasteiger partial charge in [0.05, 0.1) is 5.75 Å². The lowest BCUT2D eigenvalue weighted by molar-refractivity contribution is -0.139. The Morgan fingerprint density at radius 1 is 1.22 bits per heavy atom. The van der Waals surface area contributed by atoms with Gasteiger partial charge < -0.3 is 4.74 Å². The molecule has 0 aliphatic rings. The fourth-order valence-electron chi connectivity index (χ4n) is 1.94. The maximum atomic E-state index is 11.8. The summed E-state index contributed by atoms with van der Waals surface area (Å²) in [4.78, 5) is 21.1. The predicted molar refractivity (Wildman–Crippen MR) is 94.6 cm³/mol. The summed E-state index contributed by atoms with van der Waals surface area (Å²) >= 11 is 2.93. The number of carbonyl (C=O) groups is 1. The summed E-state index contributed by atoms with van der Waals surface area (Å²) in [5, 5.41) is 3.77. The first-order valence-electron chi connectivity index (χ1n) is 7.01. The van der Waals surface area contributed by atoms with E-state index < -0.39 is 0 Å². The van der Waals surface area contributed by atoms with Crippen LogP contribution in [0.2, 0.25) is 0 Å². The van der Waals surface area contributed by atoms with Gasteiger partial charge in [0, 0.05) is 5.39 Å². The van der Waals surface area contributed by atoms with Gasteiger partial charge in [-0.3, -0.25) is 4.79 Å². The third-order valence-corrected chi connectivity index (χ3v) is 4.80. The van der Waals surface area contributed by atoms with Crippen LogP contribution in [0.1, 0.15) is 5.56 Å². The average molecular weight is 342 g/mol. The fraction of sp³-hybridized carbons (Fsp3) is 0.118. The van der Waals surface area contributed by atoms with Crippen LogP contribution in [-0.2, 0) is 9.53 Å². The molecule has 0 saturated carbocycles. The van der Waals surface area contributed by atoms with Crippen molar-refractivity contribution in [1.82, 2.24) is 9.97 Å². The quantitative estimate of drug-likeness (QED) is 0.384. The Balaban J connectivity index is 1.47. The van der Waals surface area contributed by atoms with Gasteiger partial charge in [0.25, 0.3) is 0 Å². The number of benzene rings is 1. The summed E-state index contributed by atoms with van der Waals surface area (Å²) < 4.78 is 5.19. The molecule has 0 atom stereocenters. The van der Waals surface area contributed by atoms with E-state index in [1.165, 1.54) is 18.1 Å². The van der Waals surface area contributed by atoms with Gasteiger partial charge in [0.2, 0.25) is 0 Å². The molecule has 3 rings (SSSR count). The van der Waals surface area contributed by atoms with E-state index in [4.69, 9.17) is 4.74 Å². The highest BCUT2D eigenvalue weighted by Gasteiger charge is 2.08. The van der Waals surface area contributed by atoms with Crippen LogP contribution in [-0.4, -0.2) is 28.3 Å². The molecule has 2 heterocycles. The summed E-state index contributed by atoms with van der Waals surface area (Å²) in [6.07, 6.45) is 5.29. The number of hydrogen-bond donors (Lipinski definition) is 0. The van der Waals surface area contributed by atoms with E-state index in [1.54, 1.807) is 11.3 Å². The van der Waals surface area contributed by atoms with E-state index in [-0.39, 0.29) is 18.3 Å². The van der Waals surface area contributed by atoms with Gasteiger partial charge in [-0.15, -0.1) is 11.3 Å². The highest BCUT2D eigenvalue weighted by atomic mass is 32.2. The molecule has 3 aromatic rings. The first kappa shape index (κ1) is 15.7. The molecular weight excluding hydrogens is 328 g/mol. The topological polar surface area (TPSA) is 52.1 Å². The van der Waals surface area contributed by atoms with E-state index in [1.807, 2.05) is 53.9 Å². The Bertz CT molecular complexity index is 816. The van der Waals surface area contributed by atoms with Gasteiger partial charge in [-0.1, -0.05) is 48.2 Å². The maximum absolute atomic E-state index is 11.8. The van der Waals surface area contributed by atoms with Crippen LogP contribution in [0.4, 0.5) is 0 Å². The van der Waals surface area contributed by atoms with Crippen LogP contribution in [0.5, 0.6) is 0 Å². The van der Waals surface area contributed by atoms with Gasteiger partial charge in [-0.05, 0) is 23.1 Å². The van der Waals surface area contributed by atoms with Crippen LogP contribution in [0.15, 0.2) is 59.2 Å². The molecule has 0 unspecified atom stereocenters. The zero-order chi connectivity index (χ0) is 15.9. The number of aromatic nitrogens is 2. The van der Waals surface area contributed by atoms with Crippen LogP contribution in [0, 0.1) is 0 Å². The van der Waals surface area contributed by atoms with Crippen molar-refractivity contribution < 1.29 is 9.53 Å². The number of fused-ring (bicyclic) bond motifs is 1. The van der Waals surface area contributed by atoms with Crippen LogP contribution in [0.3, 0.4) is 0 Å². The Morgan fingerprint density at radius 2 is 2.09 bits per heavy atom. The molecule has 0 amide bonds. The standard InChI is InChI=1S/C17H14N2O2S2/c20-15(21-9-4-7-13-5-2-1-3-6-13)11-23-17-14-8-10-22-16(14)18-12-19-17/h1-8,10,12H,9,11H2/b7-4+. The monoisotopic (exact) mass is 342 g/mol. The van der Waals surface area contributed by atoms with Gasteiger partial charge in [-0.2, -0.15) is 0 Å². The Labute approximate surface area is 142 Å². The predicted octanol–water partition coefficient (Wildman–Crippen LogP) is 4.04. The number of thiophene rings is 1. The second kappa shape index (κ2) is 7.89. The SMILES string of the molecule is O=C(CSc1ncnc2sccc12)OC/C=C/c1ccccc1. The molecule has 6 heteroatoms. The summed E-state index contributed by atoms with van der Waals surface area (Å²) in [7, 11) is 0. The molecule has 23 heavy (non-hydrogen) atoms. The summed E-state index contributed by atoms with van der Waals surface area (Å²) in [5.41, 5.74) is 1.08. The number of esters is 1. The van der Waals surface area contributed by atoms with Crippen LogP contribution in [0.25, 0.3) is 16.3 Å². The van der Waals surface area contributed by atoms with Crippen LogP contribution >= 0.6 is 23.1 Å². The molecule has 0 N–H and O–H groups in total. The molecule has 116 valence electrons. The number of rotatable bonds is 6. The maximum Gasteiger partial charge on any atom is 0.316 e. The van der Waals surface area contributed by atoms with Crippen molar-refractivity contribution in [3.8, 4) is 0 Å². The molecule has 0 saturated heterocycles. The van der Waals surface area contributed by atoms with E-state index in [9.17, 15) is 4.79 Å². The molecule has 0 radical (unpaired) electrons. The average Bonchev–Trinajstić information content (AvgIpc) is 3.07. The lowest BCUT2D eigenvalue weighted by Gasteiger charge is -2.02. The van der Waals surface area contributed by atoms with Crippen molar-refractivity contribution in [3.63, 3.8) is 0 Å². The molecule has 1 aromatic carbocycles. The summed E-state index contributed by atoms with van der Waals surface area (Å²) in [6.45, 7) is 0.270. The molecule has 0 fully saturated rings. The first-order chi connectivity index (χ1) is 11.3. The fourth-order valence-corrected chi connectivity index (χ4v) is 3.52. The second-order valence-electron chi connectivity index (χ2n) is 4.60.